The Morgan fingerprint density at radius 1 is 1.22 bits per heavy atom. The largest absolute Gasteiger partial charge is 0.349 e. The maximum absolute atomic E-state index is 11.6. The molecule has 3 N–H and O–H groups in total. The summed E-state index contributed by atoms with van der Waals surface area (Å²) < 4.78 is 0. The van der Waals surface area contributed by atoms with Crippen molar-refractivity contribution >= 4 is 11.9 Å². The van der Waals surface area contributed by atoms with E-state index in [1.54, 1.807) is 14.1 Å². The van der Waals surface area contributed by atoms with Gasteiger partial charge in [0, 0.05) is 33.3 Å². The normalized spacial score (nSPS) is 9.67. The van der Waals surface area contributed by atoms with E-state index in [0.29, 0.717) is 6.54 Å². The molecule has 1 aromatic heterocycles. The quantitative estimate of drug-likeness (QED) is 0.623. The smallest absolute Gasteiger partial charge is 0.316 e. The predicted molar refractivity (Wildman–Crippen MR) is 66.5 cm³/mol. The second-order valence-electron chi connectivity index (χ2n) is 3.81. The zero-order chi connectivity index (χ0) is 13.5. The van der Waals surface area contributed by atoms with Gasteiger partial charge in [0.2, 0.25) is 5.56 Å². The van der Waals surface area contributed by atoms with Gasteiger partial charge in [0.05, 0.1) is 0 Å². The number of pyridine rings is 1. The van der Waals surface area contributed by atoms with Gasteiger partial charge in [-0.15, -0.1) is 0 Å². The molecule has 0 aliphatic rings. The van der Waals surface area contributed by atoms with Gasteiger partial charge in [-0.2, -0.15) is 0 Å². The fourth-order valence-corrected chi connectivity index (χ4v) is 1.18. The van der Waals surface area contributed by atoms with Gasteiger partial charge in [0.15, 0.2) is 0 Å². The standard InChI is InChI=1S/C11H16N4O3/c1-15(2)11(18)13-7-6-12-10(17)8-4-3-5-9(16)14-8/h3-5H,6-7H2,1-2H3,(H,12,17)(H,13,18)(H,14,16). The molecule has 1 rings (SSSR count). The third-order valence-corrected chi connectivity index (χ3v) is 2.11. The summed E-state index contributed by atoms with van der Waals surface area (Å²) in [5.41, 5.74) is -0.134. The zero-order valence-electron chi connectivity index (χ0n) is 10.3. The lowest BCUT2D eigenvalue weighted by Crippen LogP contribution is -2.39. The van der Waals surface area contributed by atoms with Crippen molar-refractivity contribution < 1.29 is 9.59 Å². The number of aromatic amines is 1. The molecule has 0 radical (unpaired) electrons. The van der Waals surface area contributed by atoms with Crippen molar-refractivity contribution in [2.24, 2.45) is 0 Å². The monoisotopic (exact) mass is 252 g/mol. The maximum atomic E-state index is 11.6. The lowest BCUT2D eigenvalue weighted by atomic mass is 10.3. The minimum absolute atomic E-state index is 0.196. The minimum Gasteiger partial charge on any atom is -0.349 e. The van der Waals surface area contributed by atoms with Gasteiger partial charge in [0.25, 0.3) is 5.91 Å². The summed E-state index contributed by atoms with van der Waals surface area (Å²) in [6.07, 6.45) is 0. The van der Waals surface area contributed by atoms with Gasteiger partial charge in [-0.05, 0) is 6.07 Å². The molecule has 98 valence electrons. The van der Waals surface area contributed by atoms with E-state index in [4.69, 9.17) is 0 Å². The first-order chi connectivity index (χ1) is 8.50. The molecule has 0 fully saturated rings. The number of aromatic nitrogens is 1. The first-order valence-electron chi connectivity index (χ1n) is 5.43. The van der Waals surface area contributed by atoms with Gasteiger partial charge in [-0.3, -0.25) is 9.59 Å². The molecule has 0 saturated carbocycles. The Labute approximate surface area is 104 Å². The summed E-state index contributed by atoms with van der Waals surface area (Å²) in [5.74, 6) is -0.383. The van der Waals surface area contributed by atoms with E-state index in [2.05, 4.69) is 15.6 Å². The van der Waals surface area contributed by atoms with Gasteiger partial charge in [-0.25, -0.2) is 4.79 Å². The third kappa shape index (κ3) is 4.28. The Kier molecular flexibility index (Phi) is 4.91. The summed E-state index contributed by atoms with van der Waals surface area (Å²) >= 11 is 0. The van der Waals surface area contributed by atoms with Crippen LogP contribution in [0.25, 0.3) is 0 Å². The van der Waals surface area contributed by atoms with Crippen LogP contribution in [-0.2, 0) is 0 Å². The topological polar surface area (TPSA) is 94.3 Å². The number of amides is 3. The van der Waals surface area contributed by atoms with Gasteiger partial charge >= 0.3 is 6.03 Å². The Hall–Kier alpha value is -2.31. The molecule has 3 amide bonds. The second-order valence-corrected chi connectivity index (χ2v) is 3.81. The molecule has 18 heavy (non-hydrogen) atoms. The van der Waals surface area contributed by atoms with Crippen LogP contribution >= 0.6 is 0 Å². The lowest BCUT2D eigenvalue weighted by molar-refractivity contribution is 0.0948. The molecule has 0 unspecified atom stereocenters. The van der Waals surface area contributed by atoms with Crippen LogP contribution in [0.15, 0.2) is 23.0 Å². The second kappa shape index (κ2) is 6.43. The number of hydrogen-bond donors (Lipinski definition) is 3. The summed E-state index contributed by atoms with van der Waals surface area (Å²) in [4.78, 5) is 37.5. The van der Waals surface area contributed by atoms with E-state index in [-0.39, 0.29) is 29.7 Å². The van der Waals surface area contributed by atoms with E-state index >= 15 is 0 Å². The molecule has 0 aliphatic carbocycles. The van der Waals surface area contributed by atoms with Crippen LogP contribution in [0.3, 0.4) is 0 Å². The van der Waals surface area contributed by atoms with Crippen LogP contribution in [0.2, 0.25) is 0 Å². The number of urea groups is 1. The van der Waals surface area contributed by atoms with Crippen LogP contribution in [0.5, 0.6) is 0 Å². The lowest BCUT2D eigenvalue weighted by Gasteiger charge is -2.12. The van der Waals surface area contributed by atoms with Gasteiger partial charge in [-0.1, -0.05) is 6.07 Å². The van der Waals surface area contributed by atoms with Gasteiger partial charge in [0.1, 0.15) is 5.69 Å². The highest BCUT2D eigenvalue weighted by Gasteiger charge is 2.06. The summed E-state index contributed by atoms with van der Waals surface area (Å²) in [6, 6.07) is 4.11. The molecule has 7 heteroatoms. The molecule has 0 spiro atoms. The third-order valence-electron chi connectivity index (χ3n) is 2.11. The fourth-order valence-electron chi connectivity index (χ4n) is 1.18. The van der Waals surface area contributed by atoms with Crippen molar-refractivity contribution in [3.63, 3.8) is 0 Å². The van der Waals surface area contributed by atoms with E-state index in [0.717, 1.165) is 0 Å². The highest BCUT2D eigenvalue weighted by Crippen LogP contribution is 1.88. The van der Waals surface area contributed by atoms with Crippen molar-refractivity contribution in [3.05, 3.63) is 34.2 Å². The molecule has 0 aliphatic heterocycles. The maximum Gasteiger partial charge on any atom is 0.316 e. The van der Waals surface area contributed by atoms with E-state index in [1.807, 2.05) is 0 Å². The number of H-pyrrole nitrogens is 1. The molecule has 0 atom stereocenters. The van der Waals surface area contributed by atoms with Crippen LogP contribution in [-0.4, -0.2) is 49.0 Å². The molecule has 7 nitrogen and oxygen atoms in total. The van der Waals surface area contributed by atoms with Crippen molar-refractivity contribution in [1.82, 2.24) is 20.5 Å². The highest BCUT2D eigenvalue weighted by molar-refractivity contribution is 5.92. The summed E-state index contributed by atoms with van der Waals surface area (Å²) in [5, 5.41) is 5.18. The average molecular weight is 252 g/mol. The molecule has 0 saturated heterocycles. The molecular weight excluding hydrogens is 236 g/mol. The van der Waals surface area contributed by atoms with Crippen LogP contribution < -0.4 is 16.2 Å². The van der Waals surface area contributed by atoms with E-state index < -0.39 is 0 Å². The first kappa shape index (κ1) is 13.8. The number of nitrogens with zero attached hydrogens (tertiary/aromatic N) is 1. The molecule has 0 aromatic carbocycles. The summed E-state index contributed by atoms with van der Waals surface area (Å²) in [6.45, 7) is 0.606. The van der Waals surface area contributed by atoms with Crippen LogP contribution in [0.1, 0.15) is 10.5 Å². The number of hydrogen-bond acceptors (Lipinski definition) is 3. The first-order valence-corrected chi connectivity index (χ1v) is 5.43. The Morgan fingerprint density at radius 3 is 2.50 bits per heavy atom. The van der Waals surface area contributed by atoms with E-state index in [9.17, 15) is 14.4 Å². The van der Waals surface area contributed by atoms with Crippen molar-refractivity contribution in [1.29, 1.82) is 0 Å². The van der Waals surface area contributed by atoms with Gasteiger partial charge < -0.3 is 20.5 Å². The molecular formula is C11H16N4O3. The zero-order valence-corrected chi connectivity index (χ0v) is 10.3. The van der Waals surface area contributed by atoms with Crippen LogP contribution in [0.4, 0.5) is 4.79 Å². The average Bonchev–Trinajstić information content (AvgIpc) is 2.33. The fraction of sp³-hybridized carbons (Fsp3) is 0.364. The van der Waals surface area contributed by atoms with E-state index in [1.165, 1.54) is 23.1 Å². The van der Waals surface area contributed by atoms with Crippen molar-refractivity contribution in [3.8, 4) is 0 Å². The number of rotatable bonds is 4. The minimum atomic E-state index is -0.383. The molecule has 0 bridgehead atoms. The number of carbonyl (C=O) groups is 2. The summed E-state index contributed by atoms with van der Waals surface area (Å²) in [7, 11) is 3.26. The molecule has 1 heterocycles. The van der Waals surface area contributed by atoms with Crippen LogP contribution in [0, 0.1) is 0 Å². The van der Waals surface area contributed by atoms with Crippen molar-refractivity contribution in [2.45, 2.75) is 0 Å². The Bertz CT molecular complexity index is 481. The highest BCUT2D eigenvalue weighted by atomic mass is 16.2. The Balaban J connectivity index is 2.34. The molecule has 1 aromatic rings. The number of carbonyl (C=O) groups excluding carboxylic acids is 2. The number of nitrogens with one attached hydrogen (secondary N) is 3. The predicted octanol–water partition coefficient (Wildman–Crippen LogP) is -0.624. The van der Waals surface area contributed by atoms with Crippen molar-refractivity contribution in [2.75, 3.05) is 27.2 Å². The SMILES string of the molecule is CN(C)C(=O)NCCNC(=O)c1cccc(=O)[nH]1. The Morgan fingerprint density at radius 2 is 1.89 bits per heavy atom.